The Balaban J connectivity index is 1.89. The van der Waals surface area contributed by atoms with Crippen molar-refractivity contribution < 1.29 is 9.90 Å². The molecule has 0 aromatic rings. The molecule has 2 rings (SSSR count). The highest BCUT2D eigenvalue weighted by Gasteiger charge is 2.36. The summed E-state index contributed by atoms with van der Waals surface area (Å²) < 4.78 is 0. The molecule has 4 nitrogen and oxygen atoms in total. The van der Waals surface area contributed by atoms with Crippen molar-refractivity contribution in [3.8, 4) is 0 Å². The van der Waals surface area contributed by atoms with Crippen LogP contribution in [0.2, 0.25) is 0 Å². The third-order valence-electron chi connectivity index (χ3n) is 3.92. The van der Waals surface area contributed by atoms with E-state index in [2.05, 4.69) is 10.6 Å². The van der Waals surface area contributed by atoms with Crippen LogP contribution >= 0.6 is 0 Å². The average Bonchev–Trinajstić information content (AvgIpc) is 2.79. The van der Waals surface area contributed by atoms with Crippen molar-refractivity contribution in [3.63, 3.8) is 0 Å². The maximum absolute atomic E-state index is 12.1. The fourth-order valence-corrected chi connectivity index (χ4v) is 2.81. The maximum Gasteiger partial charge on any atom is 0.224 e. The molecule has 1 saturated carbocycles. The second-order valence-electron chi connectivity index (χ2n) is 5.18. The maximum atomic E-state index is 12.1. The molecule has 0 radical (unpaired) electrons. The number of aliphatic hydroxyl groups is 1. The van der Waals surface area contributed by atoms with Gasteiger partial charge < -0.3 is 15.7 Å². The summed E-state index contributed by atoms with van der Waals surface area (Å²) in [6.07, 6.45) is 6.13. The lowest BCUT2D eigenvalue weighted by Gasteiger charge is -2.31. The molecule has 1 aliphatic carbocycles. The molecule has 1 saturated heterocycles. The number of aliphatic hydroxyl groups excluding tert-OH is 1. The number of rotatable bonds is 3. The van der Waals surface area contributed by atoms with E-state index in [4.69, 9.17) is 0 Å². The average molecular weight is 226 g/mol. The van der Waals surface area contributed by atoms with Gasteiger partial charge in [-0.25, -0.2) is 0 Å². The Morgan fingerprint density at radius 2 is 2.12 bits per heavy atom. The van der Waals surface area contributed by atoms with Crippen LogP contribution in [-0.2, 0) is 4.79 Å². The summed E-state index contributed by atoms with van der Waals surface area (Å²) in [6, 6.07) is 0. The Labute approximate surface area is 96.8 Å². The van der Waals surface area contributed by atoms with E-state index in [-0.39, 0.29) is 24.0 Å². The van der Waals surface area contributed by atoms with E-state index in [1.807, 2.05) is 0 Å². The first-order valence-electron chi connectivity index (χ1n) is 6.39. The number of hydrogen-bond acceptors (Lipinski definition) is 3. The van der Waals surface area contributed by atoms with Crippen molar-refractivity contribution in [3.05, 3.63) is 0 Å². The van der Waals surface area contributed by atoms with Crippen molar-refractivity contribution in [1.29, 1.82) is 0 Å². The van der Waals surface area contributed by atoms with Crippen LogP contribution in [0.1, 0.15) is 38.5 Å². The topological polar surface area (TPSA) is 61.4 Å². The number of piperidine rings is 1. The van der Waals surface area contributed by atoms with Gasteiger partial charge in [-0.15, -0.1) is 0 Å². The molecule has 0 spiro atoms. The van der Waals surface area contributed by atoms with Gasteiger partial charge in [0.05, 0.1) is 18.1 Å². The lowest BCUT2D eigenvalue weighted by atomic mass is 9.94. The second-order valence-corrected chi connectivity index (χ2v) is 5.18. The van der Waals surface area contributed by atoms with Crippen LogP contribution in [-0.4, -0.2) is 36.2 Å². The molecule has 1 atom stereocenters. The minimum Gasteiger partial charge on any atom is -0.394 e. The molecule has 0 aromatic carbocycles. The molecule has 16 heavy (non-hydrogen) atoms. The highest BCUT2D eigenvalue weighted by Crippen LogP contribution is 2.29. The van der Waals surface area contributed by atoms with Crippen molar-refractivity contribution in [2.24, 2.45) is 5.92 Å². The number of nitrogens with one attached hydrogen (secondary N) is 2. The Kier molecular flexibility index (Phi) is 3.82. The summed E-state index contributed by atoms with van der Waals surface area (Å²) >= 11 is 0. The summed E-state index contributed by atoms with van der Waals surface area (Å²) in [5.74, 6) is 0.223. The molecule has 2 aliphatic rings. The van der Waals surface area contributed by atoms with E-state index in [9.17, 15) is 9.90 Å². The van der Waals surface area contributed by atoms with Gasteiger partial charge in [0, 0.05) is 6.54 Å². The van der Waals surface area contributed by atoms with Crippen molar-refractivity contribution in [2.45, 2.75) is 44.1 Å². The highest BCUT2D eigenvalue weighted by atomic mass is 16.3. The summed E-state index contributed by atoms with van der Waals surface area (Å²) in [4.78, 5) is 12.1. The van der Waals surface area contributed by atoms with Crippen molar-refractivity contribution in [1.82, 2.24) is 10.6 Å². The Hall–Kier alpha value is -0.610. The van der Waals surface area contributed by atoms with Crippen LogP contribution in [0, 0.1) is 5.92 Å². The van der Waals surface area contributed by atoms with E-state index >= 15 is 0 Å². The zero-order valence-corrected chi connectivity index (χ0v) is 9.80. The van der Waals surface area contributed by atoms with Crippen LogP contribution < -0.4 is 10.6 Å². The number of hydrogen-bond donors (Lipinski definition) is 3. The van der Waals surface area contributed by atoms with Crippen LogP contribution in [0.5, 0.6) is 0 Å². The summed E-state index contributed by atoms with van der Waals surface area (Å²) in [5, 5.41) is 15.8. The number of carbonyl (C=O) groups excluding carboxylic acids is 1. The SMILES string of the molecule is O=C(NC1(CO)CCCC1)[C@H]1CCCNC1. The largest absolute Gasteiger partial charge is 0.394 e. The molecule has 0 bridgehead atoms. The van der Waals surface area contributed by atoms with Gasteiger partial charge in [0.1, 0.15) is 0 Å². The molecule has 1 amide bonds. The van der Waals surface area contributed by atoms with Crippen LogP contribution in [0.15, 0.2) is 0 Å². The molecular formula is C12H22N2O2. The molecule has 1 heterocycles. The minimum absolute atomic E-state index is 0.0822. The normalized spacial score (nSPS) is 28.9. The second kappa shape index (κ2) is 5.15. The van der Waals surface area contributed by atoms with E-state index in [1.165, 1.54) is 0 Å². The van der Waals surface area contributed by atoms with Gasteiger partial charge in [0.25, 0.3) is 0 Å². The van der Waals surface area contributed by atoms with Crippen molar-refractivity contribution in [2.75, 3.05) is 19.7 Å². The van der Waals surface area contributed by atoms with E-state index in [0.29, 0.717) is 0 Å². The van der Waals surface area contributed by atoms with Gasteiger partial charge in [0.2, 0.25) is 5.91 Å². The fourth-order valence-electron chi connectivity index (χ4n) is 2.81. The third-order valence-corrected chi connectivity index (χ3v) is 3.92. The zero-order valence-electron chi connectivity index (χ0n) is 9.80. The Bertz CT molecular complexity index is 243. The van der Waals surface area contributed by atoms with Gasteiger partial charge in [-0.2, -0.15) is 0 Å². The third kappa shape index (κ3) is 2.55. The van der Waals surface area contributed by atoms with E-state index < -0.39 is 0 Å². The highest BCUT2D eigenvalue weighted by molar-refractivity contribution is 5.79. The van der Waals surface area contributed by atoms with Gasteiger partial charge in [0.15, 0.2) is 0 Å². The minimum atomic E-state index is -0.311. The van der Waals surface area contributed by atoms with Crippen LogP contribution in [0.25, 0.3) is 0 Å². The molecule has 92 valence electrons. The lowest BCUT2D eigenvalue weighted by molar-refractivity contribution is -0.128. The summed E-state index contributed by atoms with van der Waals surface area (Å²) in [6.45, 7) is 1.89. The zero-order chi connectivity index (χ0) is 11.4. The molecule has 3 N–H and O–H groups in total. The predicted octanol–water partition coefficient (Wildman–Crippen LogP) is 0.407. The van der Waals surface area contributed by atoms with Crippen LogP contribution in [0.4, 0.5) is 0 Å². The lowest BCUT2D eigenvalue weighted by Crippen LogP contribution is -2.53. The number of carbonyl (C=O) groups is 1. The fraction of sp³-hybridized carbons (Fsp3) is 0.917. The first kappa shape index (κ1) is 11.9. The van der Waals surface area contributed by atoms with Crippen molar-refractivity contribution >= 4 is 5.91 Å². The Morgan fingerprint density at radius 1 is 1.38 bits per heavy atom. The van der Waals surface area contributed by atoms with E-state index in [0.717, 1.165) is 51.6 Å². The standard InChI is InChI=1S/C12H22N2O2/c15-9-12(5-1-2-6-12)14-11(16)10-4-3-7-13-8-10/h10,13,15H,1-9H2,(H,14,16)/t10-/m0/s1. The molecule has 0 unspecified atom stereocenters. The van der Waals surface area contributed by atoms with E-state index in [1.54, 1.807) is 0 Å². The molecule has 0 aromatic heterocycles. The summed E-state index contributed by atoms with van der Waals surface area (Å²) in [5.41, 5.74) is -0.311. The summed E-state index contributed by atoms with van der Waals surface area (Å²) in [7, 11) is 0. The van der Waals surface area contributed by atoms with Gasteiger partial charge in [-0.05, 0) is 32.2 Å². The first-order chi connectivity index (χ1) is 7.76. The van der Waals surface area contributed by atoms with Crippen LogP contribution in [0.3, 0.4) is 0 Å². The molecule has 2 fully saturated rings. The van der Waals surface area contributed by atoms with Gasteiger partial charge in [-0.1, -0.05) is 12.8 Å². The molecule has 4 heteroatoms. The predicted molar refractivity (Wildman–Crippen MR) is 62.0 cm³/mol. The monoisotopic (exact) mass is 226 g/mol. The van der Waals surface area contributed by atoms with Gasteiger partial charge >= 0.3 is 0 Å². The quantitative estimate of drug-likeness (QED) is 0.653. The first-order valence-corrected chi connectivity index (χ1v) is 6.39. The smallest absolute Gasteiger partial charge is 0.224 e. The molecular weight excluding hydrogens is 204 g/mol. The number of amides is 1. The molecule has 1 aliphatic heterocycles. The van der Waals surface area contributed by atoms with Gasteiger partial charge in [-0.3, -0.25) is 4.79 Å². The Morgan fingerprint density at radius 3 is 2.69 bits per heavy atom.